The summed E-state index contributed by atoms with van der Waals surface area (Å²) in [4.78, 5) is 16.9. The summed E-state index contributed by atoms with van der Waals surface area (Å²) in [6.07, 6.45) is 8.50. The van der Waals surface area contributed by atoms with Crippen molar-refractivity contribution in [2.75, 3.05) is 7.11 Å². The SMILES string of the molecule is CO/N=C/N.Cc1ccc(CNC(=O)c2ccc3c(c2)Cc2cc(C4CC4)c(C4CC4)cc2C3)cc1. The van der Waals surface area contributed by atoms with Crippen molar-refractivity contribution in [3.8, 4) is 0 Å². The van der Waals surface area contributed by atoms with Crippen LogP contribution in [-0.2, 0) is 24.2 Å². The lowest BCUT2D eigenvalue weighted by molar-refractivity contribution is 0.0951. The number of benzene rings is 3. The van der Waals surface area contributed by atoms with Crippen LogP contribution >= 0.6 is 0 Å². The zero-order valence-corrected chi connectivity index (χ0v) is 21.2. The quantitative estimate of drug-likeness (QED) is 0.210. The molecule has 3 aromatic carbocycles. The smallest absolute Gasteiger partial charge is 0.251 e. The number of fused-ring (bicyclic) bond motifs is 2. The van der Waals surface area contributed by atoms with Crippen molar-refractivity contribution in [1.29, 1.82) is 0 Å². The van der Waals surface area contributed by atoms with Crippen molar-refractivity contribution in [3.05, 3.63) is 105 Å². The van der Waals surface area contributed by atoms with E-state index in [9.17, 15) is 4.79 Å². The van der Waals surface area contributed by atoms with E-state index in [0.717, 1.165) is 42.1 Å². The molecule has 0 atom stereocenters. The summed E-state index contributed by atoms with van der Waals surface area (Å²) in [7, 11) is 1.43. The highest BCUT2D eigenvalue weighted by molar-refractivity contribution is 5.94. The zero-order chi connectivity index (χ0) is 25.1. The van der Waals surface area contributed by atoms with Crippen molar-refractivity contribution in [2.45, 2.75) is 63.8 Å². The minimum Gasteiger partial charge on any atom is -0.398 e. The molecule has 2 saturated carbocycles. The molecule has 0 heterocycles. The van der Waals surface area contributed by atoms with Crippen molar-refractivity contribution in [2.24, 2.45) is 10.9 Å². The van der Waals surface area contributed by atoms with E-state index in [2.05, 4.69) is 70.8 Å². The highest BCUT2D eigenvalue weighted by Crippen LogP contribution is 2.50. The van der Waals surface area contributed by atoms with Gasteiger partial charge in [-0.05, 0) is 108 Å². The number of aryl methyl sites for hydroxylation is 1. The third-order valence-electron chi connectivity index (χ3n) is 7.41. The first kappa shape index (κ1) is 24.1. The lowest BCUT2D eigenvalue weighted by Gasteiger charge is -2.23. The molecule has 0 aliphatic heterocycles. The molecule has 0 saturated heterocycles. The molecule has 0 bridgehead atoms. The second kappa shape index (κ2) is 10.6. The monoisotopic (exact) mass is 481 g/mol. The number of hydrogen-bond donors (Lipinski definition) is 2. The van der Waals surface area contributed by atoms with E-state index in [0.29, 0.717) is 6.54 Å². The largest absolute Gasteiger partial charge is 0.398 e. The highest BCUT2D eigenvalue weighted by Gasteiger charge is 2.34. The molecule has 0 aromatic heterocycles. The lowest BCUT2D eigenvalue weighted by Crippen LogP contribution is -2.23. The van der Waals surface area contributed by atoms with Gasteiger partial charge in [-0.1, -0.05) is 53.2 Å². The number of nitrogens with one attached hydrogen (secondary N) is 1. The van der Waals surface area contributed by atoms with Gasteiger partial charge in [-0.3, -0.25) is 4.79 Å². The number of hydrogen-bond acceptors (Lipinski definition) is 3. The lowest BCUT2D eigenvalue weighted by atomic mass is 9.82. The molecule has 3 N–H and O–H groups in total. The van der Waals surface area contributed by atoms with Crippen LogP contribution in [0.25, 0.3) is 0 Å². The molecule has 5 nitrogen and oxygen atoms in total. The fourth-order valence-corrected chi connectivity index (χ4v) is 5.12. The third kappa shape index (κ3) is 5.62. The van der Waals surface area contributed by atoms with Gasteiger partial charge in [0.15, 0.2) is 0 Å². The zero-order valence-electron chi connectivity index (χ0n) is 21.2. The molecule has 186 valence electrons. The van der Waals surface area contributed by atoms with E-state index in [1.165, 1.54) is 60.6 Å². The van der Waals surface area contributed by atoms with Gasteiger partial charge in [-0.25, -0.2) is 0 Å². The van der Waals surface area contributed by atoms with Crippen molar-refractivity contribution >= 4 is 12.2 Å². The van der Waals surface area contributed by atoms with Crippen LogP contribution in [0.5, 0.6) is 0 Å². The van der Waals surface area contributed by atoms with E-state index in [1.807, 2.05) is 6.07 Å². The van der Waals surface area contributed by atoms with Gasteiger partial charge in [0.2, 0.25) is 0 Å². The van der Waals surface area contributed by atoms with Crippen LogP contribution < -0.4 is 11.1 Å². The molecule has 0 unspecified atom stereocenters. The van der Waals surface area contributed by atoms with Crippen molar-refractivity contribution in [1.82, 2.24) is 5.32 Å². The molecule has 2 fully saturated rings. The maximum atomic E-state index is 12.8. The van der Waals surface area contributed by atoms with Gasteiger partial charge in [-0.2, -0.15) is 0 Å². The predicted molar refractivity (Wildman–Crippen MR) is 144 cm³/mol. The summed E-state index contributed by atoms with van der Waals surface area (Å²) in [6, 6.07) is 19.7. The van der Waals surface area contributed by atoms with E-state index in [-0.39, 0.29) is 5.91 Å². The molecular weight excluding hydrogens is 446 g/mol. The Labute approximate surface area is 213 Å². The Kier molecular flexibility index (Phi) is 7.08. The molecule has 3 aromatic rings. The molecular formula is C31H35N3O2. The number of rotatable bonds is 6. The number of oxime groups is 1. The molecule has 3 aliphatic carbocycles. The summed E-state index contributed by atoms with van der Waals surface area (Å²) in [5.74, 6) is 1.64. The topological polar surface area (TPSA) is 76.7 Å². The van der Waals surface area contributed by atoms with E-state index in [1.54, 1.807) is 11.1 Å². The summed E-state index contributed by atoms with van der Waals surface area (Å²) < 4.78 is 0. The van der Waals surface area contributed by atoms with Crippen molar-refractivity contribution in [3.63, 3.8) is 0 Å². The summed E-state index contributed by atoms with van der Waals surface area (Å²) >= 11 is 0. The molecule has 3 aliphatic rings. The summed E-state index contributed by atoms with van der Waals surface area (Å²) in [6.45, 7) is 2.64. The normalized spacial score (nSPS) is 15.9. The van der Waals surface area contributed by atoms with Crippen LogP contribution in [-0.4, -0.2) is 19.4 Å². The Morgan fingerprint density at radius 3 is 2.03 bits per heavy atom. The Bertz CT molecular complexity index is 1270. The molecule has 1 amide bonds. The Hall–Kier alpha value is -3.60. The first-order valence-electron chi connectivity index (χ1n) is 12.9. The molecule has 0 spiro atoms. The van der Waals surface area contributed by atoms with Crippen LogP contribution in [0.4, 0.5) is 0 Å². The first-order valence-corrected chi connectivity index (χ1v) is 12.9. The van der Waals surface area contributed by atoms with Crippen molar-refractivity contribution < 1.29 is 9.63 Å². The van der Waals surface area contributed by atoms with Crippen LogP contribution in [0.15, 0.2) is 59.8 Å². The Morgan fingerprint density at radius 2 is 1.50 bits per heavy atom. The van der Waals surface area contributed by atoms with Crippen LogP contribution in [0.3, 0.4) is 0 Å². The minimum absolute atomic E-state index is 0.0110. The number of nitrogens with two attached hydrogens (primary N) is 1. The maximum Gasteiger partial charge on any atom is 0.251 e. The second-order valence-corrected chi connectivity index (χ2v) is 10.2. The van der Waals surface area contributed by atoms with Gasteiger partial charge >= 0.3 is 0 Å². The average molecular weight is 482 g/mol. The first-order chi connectivity index (χ1) is 17.6. The second-order valence-electron chi connectivity index (χ2n) is 10.2. The molecule has 5 heteroatoms. The van der Waals surface area contributed by atoms with Crippen LogP contribution in [0.2, 0.25) is 0 Å². The fourth-order valence-electron chi connectivity index (χ4n) is 5.12. The Balaban J connectivity index is 0.000000489. The fraction of sp³-hybridized carbons (Fsp3) is 0.355. The van der Waals surface area contributed by atoms with Gasteiger partial charge in [0.25, 0.3) is 5.91 Å². The third-order valence-corrected chi connectivity index (χ3v) is 7.41. The van der Waals surface area contributed by atoms with Gasteiger partial charge in [-0.15, -0.1) is 0 Å². The Morgan fingerprint density at radius 1 is 0.917 bits per heavy atom. The number of carbonyl (C=O) groups excluding carboxylic acids is 1. The standard InChI is InChI=1S/C29H29NO.C2H6N2O/c1-18-2-4-19(5-3-18)17-30-29(31)23-11-10-22-12-25-15-27(20-6-7-20)28(21-8-9-21)16-26(25)14-24(22)13-23;1-5-4-2-3/h2-5,10-11,13,15-16,20-21H,6-9,12,14,17H2,1H3,(H,30,31);2H,1H3,(H2,3,4). The van der Waals surface area contributed by atoms with Crippen LogP contribution in [0.1, 0.15) is 92.4 Å². The molecule has 36 heavy (non-hydrogen) atoms. The minimum atomic E-state index is 0.0110. The van der Waals surface area contributed by atoms with Gasteiger partial charge < -0.3 is 15.9 Å². The van der Waals surface area contributed by atoms with Gasteiger partial charge in [0, 0.05) is 12.1 Å². The van der Waals surface area contributed by atoms with Gasteiger partial charge in [0.1, 0.15) is 13.4 Å². The van der Waals surface area contributed by atoms with E-state index < -0.39 is 0 Å². The molecule has 6 rings (SSSR count). The van der Waals surface area contributed by atoms with E-state index in [4.69, 9.17) is 5.73 Å². The average Bonchev–Trinajstić information content (AvgIpc) is 3.80. The number of amides is 1. The predicted octanol–water partition coefficient (Wildman–Crippen LogP) is 5.71. The molecule has 0 radical (unpaired) electrons. The van der Waals surface area contributed by atoms with E-state index >= 15 is 0 Å². The highest BCUT2D eigenvalue weighted by atomic mass is 16.6. The van der Waals surface area contributed by atoms with Gasteiger partial charge in [0.05, 0.1) is 0 Å². The number of nitrogens with zero attached hydrogens (tertiary/aromatic N) is 1. The van der Waals surface area contributed by atoms with Crippen LogP contribution in [0, 0.1) is 6.92 Å². The summed E-state index contributed by atoms with van der Waals surface area (Å²) in [5.41, 5.74) is 16.8. The maximum absolute atomic E-state index is 12.8. The summed E-state index contributed by atoms with van der Waals surface area (Å²) in [5, 5.41) is 6.21. The number of carbonyl (C=O) groups is 1.